The van der Waals surface area contributed by atoms with Gasteiger partial charge in [-0.05, 0) is 85.3 Å². The van der Waals surface area contributed by atoms with Gasteiger partial charge in [0.15, 0.2) is 0 Å². The predicted octanol–water partition coefficient (Wildman–Crippen LogP) is 11.4. The van der Waals surface area contributed by atoms with Crippen molar-refractivity contribution in [2.24, 2.45) is 0 Å². The molecule has 0 spiro atoms. The van der Waals surface area contributed by atoms with Gasteiger partial charge >= 0.3 is 12.2 Å². The molecule has 0 fully saturated rings. The number of unbranched alkanes of at least 4 members (excludes halogenated alkanes) is 9. The first-order valence-corrected chi connectivity index (χ1v) is 15.2. The highest BCUT2D eigenvalue weighted by Gasteiger charge is 2.38. The van der Waals surface area contributed by atoms with Crippen LogP contribution in [0.1, 0.15) is 107 Å². The summed E-state index contributed by atoms with van der Waals surface area (Å²) in [6, 6.07) is 17.0. The van der Waals surface area contributed by atoms with E-state index in [1.807, 2.05) is 0 Å². The quantitative estimate of drug-likeness (QED) is 0.105. The SMILES string of the molecule is CCCCCCCCCCc1ccc(OC(F)(F)c2ccc(C(F)(F)Oc3ccc(CCCCC)cc3)cc2)cc1. The van der Waals surface area contributed by atoms with Gasteiger partial charge in [0.2, 0.25) is 0 Å². The molecule has 0 N–H and O–H groups in total. The van der Waals surface area contributed by atoms with E-state index in [0.29, 0.717) is 0 Å². The molecule has 0 unspecified atom stereocenters. The van der Waals surface area contributed by atoms with Gasteiger partial charge in [-0.15, -0.1) is 0 Å². The van der Waals surface area contributed by atoms with E-state index in [0.717, 1.165) is 80.3 Å². The Labute approximate surface area is 243 Å². The molecule has 0 aliphatic carbocycles. The number of halogens is 4. The molecule has 0 aliphatic heterocycles. The fourth-order valence-electron chi connectivity index (χ4n) is 4.76. The first kappa shape index (κ1) is 32.5. The van der Waals surface area contributed by atoms with Gasteiger partial charge < -0.3 is 9.47 Å². The maximum atomic E-state index is 14.8. The van der Waals surface area contributed by atoms with Crippen molar-refractivity contribution in [3.05, 3.63) is 95.1 Å². The Kier molecular flexibility index (Phi) is 13.0. The van der Waals surface area contributed by atoms with E-state index in [1.165, 1.54) is 62.8 Å². The number of aryl methyl sites for hydroxylation is 2. The third-order valence-electron chi connectivity index (χ3n) is 7.28. The zero-order valence-corrected chi connectivity index (χ0v) is 24.4. The minimum Gasteiger partial charge on any atom is -0.429 e. The largest absolute Gasteiger partial charge is 0.429 e. The van der Waals surface area contributed by atoms with Gasteiger partial charge in [-0.25, -0.2) is 0 Å². The first-order valence-electron chi connectivity index (χ1n) is 15.2. The van der Waals surface area contributed by atoms with E-state index in [9.17, 15) is 17.6 Å². The standard InChI is InChI=1S/C35H44F4O2/c1-3-5-7-8-9-10-11-13-15-29-18-26-33(27-19-29)41-35(38,39)31-22-20-30(21-23-31)34(36,37)40-32-24-16-28(17-25-32)14-12-6-4-2/h16-27H,3-15H2,1-2H3. The highest BCUT2D eigenvalue weighted by atomic mass is 19.3. The summed E-state index contributed by atoms with van der Waals surface area (Å²) >= 11 is 0. The number of hydrogen-bond acceptors (Lipinski definition) is 2. The third kappa shape index (κ3) is 11.1. The lowest BCUT2D eigenvalue weighted by atomic mass is 10.0. The number of benzene rings is 3. The molecule has 0 saturated carbocycles. The van der Waals surface area contributed by atoms with Crippen LogP contribution in [0.15, 0.2) is 72.8 Å². The van der Waals surface area contributed by atoms with E-state index >= 15 is 0 Å². The fraction of sp³-hybridized carbons (Fsp3) is 0.486. The number of alkyl halides is 4. The molecule has 0 amide bonds. The summed E-state index contributed by atoms with van der Waals surface area (Å²) in [7, 11) is 0. The smallest absolute Gasteiger partial charge is 0.426 e. The van der Waals surface area contributed by atoms with Crippen molar-refractivity contribution < 1.29 is 27.0 Å². The van der Waals surface area contributed by atoms with Crippen LogP contribution >= 0.6 is 0 Å². The summed E-state index contributed by atoms with van der Waals surface area (Å²) in [5, 5.41) is 0. The Hall–Kier alpha value is -3.02. The molecule has 6 heteroatoms. The summed E-state index contributed by atoms with van der Waals surface area (Å²) in [6.45, 7) is 4.34. The number of rotatable bonds is 19. The Morgan fingerprint density at radius 1 is 0.439 bits per heavy atom. The third-order valence-corrected chi connectivity index (χ3v) is 7.28. The summed E-state index contributed by atoms with van der Waals surface area (Å²) in [4.78, 5) is 0. The highest BCUT2D eigenvalue weighted by molar-refractivity contribution is 5.32. The molecular weight excluding hydrogens is 528 g/mol. The molecule has 0 aromatic heterocycles. The Bertz CT molecular complexity index is 1130. The molecule has 0 heterocycles. The van der Waals surface area contributed by atoms with Crippen LogP contribution in [0.5, 0.6) is 11.5 Å². The second-order valence-corrected chi connectivity index (χ2v) is 10.8. The number of ether oxygens (including phenoxy) is 2. The molecule has 0 atom stereocenters. The van der Waals surface area contributed by atoms with Crippen LogP contribution in [0.3, 0.4) is 0 Å². The summed E-state index contributed by atoms with van der Waals surface area (Å²) < 4.78 is 69.0. The molecule has 2 nitrogen and oxygen atoms in total. The van der Waals surface area contributed by atoms with Crippen LogP contribution in [0.25, 0.3) is 0 Å². The minimum absolute atomic E-state index is 0.0119. The molecule has 0 radical (unpaired) electrons. The summed E-state index contributed by atoms with van der Waals surface area (Å²) in [5.41, 5.74) is 1.09. The molecular formula is C35H44F4O2. The maximum Gasteiger partial charge on any atom is 0.426 e. The van der Waals surface area contributed by atoms with E-state index in [1.54, 1.807) is 24.3 Å². The average Bonchev–Trinajstić information content (AvgIpc) is 2.96. The maximum absolute atomic E-state index is 14.8. The van der Waals surface area contributed by atoms with E-state index < -0.39 is 23.3 Å². The van der Waals surface area contributed by atoms with E-state index in [-0.39, 0.29) is 11.5 Å². The summed E-state index contributed by atoms with van der Waals surface area (Å²) in [6.07, 6.45) is 7.55. The molecule has 0 saturated heterocycles. The van der Waals surface area contributed by atoms with E-state index in [2.05, 4.69) is 13.8 Å². The lowest BCUT2D eigenvalue weighted by Gasteiger charge is -2.21. The van der Waals surface area contributed by atoms with Crippen LogP contribution < -0.4 is 9.47 Å². The molecule has 0 bridgehead atoms. The molecule has 0 aliphatic rings. The molecule has 224 valence electrons. The highest BCUT2D eigenvalue weighted by Crippen LogP contribution is 2.36. The summed E-state index contributed by atoms with van der Waals surface area (Å²) in [5.74, 6) is 0.0309. The van der Waals surface area contributed by atoms with Crippen LogP contribution in [-0.2, 0) is 25.1 Å². The second kappa shape index (κ2) is 16.4. The lowest BCUT2D eigenvalue weighted by molar-refractivity contribution is -0.188. The predicted molar refractivity (Wildman–Crippen MR) is 158 cm³/mol. The van der Waals surface area contributed by atoms with Gasteiger partial charge in [0.1, 0.15) is 11.5 Å². The van der Waals surface area contributed by atoms with Gasteiger partial charge in [-0.2, -0.15) is 17.6 Å². The normalized spacial score (nSPS) is 12.0. The molecule has 3 aromatic carbocycles. The van der Waals surface area contributed by atoms with Gasteiger partial charge in [0, 0.05) is 0 Å². The minimum atomic E-state index is -3.68. The van der Waals surface area contributed by atoms with Crippen LogP contribution in [0, 0.1) is 0 Å². The Balaban J connectivity index is 1.49. The van der Waals surface area contributed by atoms with Crippen LogP contribution in [0.4, 0.5) is 17.6 Å². The molecule has 3 aromatic rings. The Morgan fingerprint density at radius 2 is 0.756 bits per heavy atom. The van der Waals surface area contributed by atoms with Gasteiger partial charge in [0.25, 0.3) is 0 Å². The second-order valence-electron chi connectivity index (χ2n) is 10.8. The van der Waals surface area contributed by atoms with Gasteiger partial charge in [-0.3, -0.25) is 0 Å². The van der Waals surface area contributed by atoms with Crippen molar-refractivity contribution in [3.8, 4) is 11.5 Å². The monoisotopic (exact) mass is 572 g/mol. The molecule has 41 heavy (non-hydrogen) atoms. The van der Waals surface area contributed by atoms with Crippen molar-refractivity contribution in [3.63, 3.8) is 0 Å². The zero-order chi connectivity index (χ0) is 29.6. The van der Waals surface area contributed by atoms with Crippen molar-refractivity contribution in [2.45, 2.75) is 110 Å². The first-order chi connectivity index (χ1) is 19.7. The van der Waals surface area contributed by atoms with Crippen molar-refractivity contribution in [2.75, 3.05) is 0 Å². The van der Waals surface area contributed by atoms with Crippen molar-refractivity contribution in [1.82, 2.24) is 0 Å². The Morgan fingerprint density at radius 3 is 1.15 bits per heavy atom. The number of hydrogen-bond donors (Lipinski definition) is 0. The van der Waals surface area contributed by atoms with Crippen molar-refractivity contribution >= 4 is 0 Å². The zero-order valence-electron chi connectivity index (χ0n) is 24.4. The lowest BCUT2D eigenvalue weighted by Crippen LogP contribution is -2.24. The average molecular weight is 573 g/mol. The van der Waals surface area contributed by atoms with Crippen LogP contribution in [0.2, 0.25) is 0 Å². The van der Waals surface area contributed by atoms with E-state index in [4.69, 9.17) is 9.47 Å². The topological polar surface area (TPSA) is 18.5 Å². The van der Waals surface area contributed by atoms with Gasteiger partial charge in [-0.1, -0.05) is 95.9 Å². The van der Waals surface area contributed by atoms with Crippen molar-refractivity contribution in [1.29, 1.82) is 0 Å². The van der Waals surface area contributed by atoms with Crippen LogP contribution in [-0.4, -0.2) is 0 Å². The van der Waals surface area contributed by atoms with Gasteiger partial charge in [0.05, 0.1) is 11.1 Å². The fourth-order valence-corrected chi connectivity index (χ4v) is 4.76. The molecule has 3 rings (SSSR count).